The van der Waals surface area contributed by atoms with Gasteiger partial charge >= 0.3 is 159 Å². The second-order valence-corrected chi connectivity index (χ2v) is 52.7. The summed E-state index contributed by atoms with van der Waals surface area (Å²) in [6, 6.07) is 26.8. The van der Waals surface area contributed by atoms with E-state index in [1.54, 1.807) is 0 Å². The first-order valence-corrected chi connectivity index (χ1v) is 28.3. The van der Waals surface area contributed by atoms with E-state index in [0.717, 1.165) is 0 Å². The van der Waals surface area contributed by atoms with Crippen LogP contribution in [0.15, 0.2) is 72.8 Å². The van der Waals surface area contributed by atoms with E-state index in [2.05, 4.69) is 118 Å². The Kier molecular flexibility index (Phi) is 5.08. The van der Waals surface area contributed by atoms with Gasteiger partial charge < -0.3 is 0 Å². The van der Waals surface area contributed by atoms with Crippen molar-refractivity contribution in [2.24, 2.45) is 0 Å². The Hall–Kier alpha value is -0.497. The second-order valence-electron chi connectivity index (χ2n) is 6.41. The second kappa shape index (κ2) is 6.67. The molecule has 3 aromatic carbocycles. The van der Waals surface area contributed by atoms with E-state index in [9.17, 15) is 0 Å². The summed E-state index contributed by atoms with van der Waals surface area (Å²) in [4.78, 5) is 0. The molecule has 0 fully saturated rings. The van der Waals surface area contributed by atoms with Gasteiger partial charge in [-0.3, -0.25) is 0 Å². The number of rotatable bonds is 3. The average molecular weight is 642 g/mol. The van der Waals surface area contributed by atoms with Crippen molar-refractivity contribution >= 4 is 48.3 Å². The molecule has 0 unspecified atom stereocenters. The minimum absolute atomic E-state index is 1.28. The summed E-state index contributed by atoms with van der Waals surface area (Å²) in [5.41, 5.74) is 3.85. The molecule has 0 amide bonds. The first-order chi connectivity index (χ1) is 11.3. The summed E-state index contributed by atoms with van der Waals surface area (Å²) >= 11 is 4.65. The molecule has 0 aromatic heterocycles. The van der Waals surface area contributed by atoms with Crippen molar-refractivity contribution in [2.75, 3.05) is 0 Å². The maximum absolute atomic E-state index is 4.32. The Morgan fingerprint density at radius 1 is 0.458 bits per heavy atom. The van der Waals surface area contributed by atoms with Crippen molar-refractivity contribution in [3.8, 4) is 0 Å². The van der Waals surface area contributed by atoms with Crippen LogP contribution in [-0.2, 0) is 0 Å². The van der Waals surface area contributed by atoms with Gasteiger partial charge in [0.25, 0.3) is 0 Å². The van der Waals surface area contributed by atoms with Gasteiger partial charge in [-0.15, -0.1) is 0 Å². The van der Waals surface area contributed by atoms with E-state index >= 15 is 0 Å². The molecule has 0 aliphatic rings. The molecule has 0 aliphatic heterocycles. The zero-order chi connectivity index (χ0) is 17.4. The predicted octanol–water partition coefficient (Wildman–Crippen LogP) is 4.82. The van der Waals surface area contributed by atoms with Crippen molar-refractivity contribution in [2.45, 2.75) is 20.8 Å². The number of hydrogen-bond acceptors (Lipinski definition) is 0. The molecule has 0 N–H and O–H groups in total. The fraction of sp³-hybridized carbons (Fsp3) is 0.143. The van der Waals surface area contributed by atoms with Gasteiger partial charge in [-0.05, 0) is 0 Å². The van der Waals surface area contributed by atoms with Crippen LogP contribution in [0.1, 0.15) is 16.7 Å². The number of hydrogen-bond donors (Lipinski definition) is 0. The van der Waals surface area contributed by atoms with Crippen molar-refractivity contribution in [3.63, 3.8) is 0 Å². The standard InChI is InChI=1S/3C7H7.Bi.2BrH/c3*1-7-5-3-2-4-6-7;;;/h3*3-6H,1H3;;2*1H/q;;;+2;;/p-2. The van der Waals surface area contributed by atoms with E-state index < -0.39 is 14.1 Å². The first-order valence-electron chi connectivity index (χ1n) is 7.97. The molecule has 3 aromatic rings. The molecule has 3 rings (SSSR count). The van der Waals surface area contributed by atoms with Crippen LogP contribution < -0.4 is 9.81 Å². The van der Waals surface area contributed by atoms with Crippen LogP contribution in [0.5, 0.6) is 0 Å². The van der Waals surface area contributed by atoms with Crippen molar-refractivity contribution in [1.29, 1.82) is 0 Å². The van der Waals surface area contributed by atoms with Gasteiger partial charge in [0.05, 0.1) is 0 Å². The normalized spacial score (nSPS) is 13.3. The summed E-state index contributed by atoms with van der Waals surface area (Å²) in [6.07, 6.45) is 0. The van der Waals surface area contributed by atoms with Crippen LogP contribution in [0, 0.1) is 20.8 Å². The molecule has 0 nitrogen and oxygen atoms in total. The fourth-order valence-electron chi connectivity index (χ4n) is 2.87. The minimum atomic E-state index is -3.99. The fourth-order valence-corrected chi connectivity index (χ4v) is 26.6. The van der Waals surface area contributed by atoms with Crippen LogP contribution in [0.25, 0.3) is 0 Å². The molecular formula is C21H21BiBr2. The Balaban J connectivity index is 2.33. The summed E-state index contributed by atoms with van der Waals surface area (Å²) < 4.78 is 4.08. The van der Waals surface area contributed by atoms with Gasteiger partial charge in [0, 0.05) is 0 Å². The summed E-state index contributed by atoms with van der Waals surface area (Å²) in [6.45, 7) is 6.40. The Morgan fingerprint density at radius 2 is 0.667 bits per heavy atom. The van der Waals surface area contributed by atoms with E-state index in [1.165, 1.54) is 26.5 Å². The summed E-state index contributed by atoms with van der Waals surface area (Å²) in [5.74, 6) is 0. The third-order valence-corrected chi connectivity index (χ3v) is 40.1. The quantitative estimate of drug-likeness (QED) is 0.360. The average Bonchev–Trinajstić information content (AvgIpc) is 2.56. The third-order valence-electron chi connectivity index (χ3n) is 4.46. The van der Waals surface area contributed by atoms with E-state index in [-0.39, 0.29) is 0 Å². The molecule has 0 saturated heterocycles. The molecule has 0 radical (unpaired) electrons. The summed E-state index contributed by atoms with van der Waals surface area (Å²) in [7, 11) is 0. The molecule has 0 spiro atoms. The van der Waals surface area contributed by atoms with Gasteiger partial charge in [0.2, 0.25) is 0 Å². The van der Waals surface area contributed by atoms with E-state index in [0.29, 0.717) is 0 Å². The molecule has 124 valence electrons. The molecule has 0 saturated carbocycles. The van der Waals surface area contributed by atoms with Gasteiger partial charge in [0.1, 0.15) is 0 Å². The molecule has 24 heavy (non-hydrogen) atoms. The SMILES string of the molecule is Cc1cc[c]([Bi]([Br])([Br])([c]2ccc(C)cc2)[c]2ccc(C)cc2)cc1. The van der Waals surface area contributed by atoms with Gasteiger partial charge in [-0.2, -0.15) is 0 Å². The number of halogens is 2. The predicted molar refractivity (Wildman–Crippen MR) is 116 cm³/mol. The molecule has 3 heteroatoms. The van der Waals surface area contributed by atoms with Gasteiger partial charge in [-0.1, -0.05) is 0 Å². The molecule has 0 aliphatic carbocycles. The molecule has 0 atom stereocenters. The Labute approximate surface area is 157 Å². The van der Waals surface area contributed by atoms with Gasteiger partial charge in [0.15, 0.2) is 0 Å². The van der Waals surface area contributed by atoms with Crippen LogP contribution in [0.3, 0.4) is 0 Å². The Bertz CT molecular complexity index is 730. The van der Waals surface area contributed by atoms with Crippen molar-refractivity contribution in [3.05, 3.63) is 89.5 Å². The van der Waals surface area contributed by atoms with Crippen molar-refractivity contribution < 1.29 is 0 Å². The number of benzene rings is 3. The van der Waals surface area contributed by atoms with E-state index in [4.69, 9.17) is 0 Å². The first kappa shape index (κ1) is 18.3. The van der Waals surface area contributed by atoms with Gasteiger partial charge in [-0.25, -0.2) is 0 Å². The Morgan fingerprint density at radius 3 is 0.875 bits per heavy atom. The summed E-state index contributed by atoms with van der Waals surface area (Å²) in [5, 5.41) is 0. The van der Waals surface area contributed by atoms with Crippen LogP contribution in [0.4, 0.5) is 0 Å². The zero-order valence-electron chi connectivity index (χ0n) is 14.1. The number of aryl methyl sites for hydroxylation is 3. The third kappa shape index (κ3) is 3.16. The van der Waals surface area contributed by atoms with Crippen LogP contribution in [-0.4, -0.2) is 14.1 Å². The molecular weight excluding hydrogens is 621 g/mol. The molecule has 0 bridgehead atoms. The maximum atomic E-state index is 4.32. The van der Waals surface area contributed by atoms with Crippen LogP contribution >= 0.6 is 24.4 Å². The van der Waals surface area contributed by atoms with Crippen LogP contribution in [0.2, 0.25) is 0 Å². The topological polar surface area (TPSA) is 0 Å². The molecule has 0 heterocycles. The zero-order valence-corrected chi connectivity index (χ0v) is 20.8. The van der Waals surface area contributed by atoms with Crippen molar-refractivity contribution in [1.82, 2.24) is 0 Å². The monoisotopic (exact) mass is 640 g/mol. The van der Waals surface area contributed by atoms with E-state index in [1.807, 2.05) is 0 Å².